The summed E-state index contributed by atoms with van der Waals surface area (Å²) in [5, 5.41) is 6.23. The van der Waals surface area contributed by atoms with Crippen LogP contribution in [0.4, 0.5) is 17.6 Å². The number of hydrogen-bond acceptors (Lipinski definition) is 2. The van der Waals surface area contributed by atoms with Gasteiger partial charge in [-0.05, 0) is 36.9 Å². The van der Waals surface area contributed by atoms with Crippen molar-refractivity contribution >= 4 is 29.9 Å². The molecule has 1 heterocycles. The van der Waals surface area contributed by atoms with Crippen LogP contribution >= 0.6 is 24.0 Å². The van der Waals surface area contributed by atoms with Crippen LogP contribution < -0.4 is 10.6 Å². The molecule has 0 aromatic heterocycles. The van der Waals surface area contributed by atoms with Crippen LogP contribution in [0.25, 0.3) is 0 Å². The van der Waals surface area contributed by atoms with Gasteiger partial charge in [0.15, 0.2) is 5.96 Å². The van der Waals surface area contributed by atoms with Crippen molar-refractivity contribution < 1.29 is 17.6 Å². The minimum Gasteiger partial charge on any atom is -0.356 e. The molecule has 1 aliphatic heterocycles. The third kappa shape index (κ3) is 8.07. The molecule has 0 spiro atoms. The Balaban J connectivity index is 0.00000338. The third-order valence-corrected chi connectivity index (χ3v) is 4.20. The van der Waals surface area contributed by atoms with Gasteiger partial charge < -0.3 is 10.6 Å². The van der Waals surface area contributed by atoms with Crippen molar-refractivity contribution in [2.24, 2.45) is 10.9 Å². The molecule has 0 amide bonds. The van der Waals surface area contributed by atoms with E-state index in [1.165, 1.54) is 11.0 Å². The normalized spacial score (nSPS) is 18.5. The van der Waals surface area contributed by atoms with Gasteiger partial charge in [0, 0.05) is 26.7 Å². The van der Waals surface area contributed by atoms with Gasteiger partial charge >= 0.3 is 6.18 Å². The first-order chi connectivity index (χ1) is 11.9. The molecule has 1 fully saturated rings. The molecule has 26 heavy (non-hydrogen) atoms. The van der Waals surface area contributed by atoms with Crippen molar-refractivity contribution in [3.05, 3.63) is 35.6 Å². The molecular weight excluding hydrogens is 463 g/mol. The Morgan fingerprint density at radius 1 is 1.27 bits per heavy atom. The summed E-state index contributed by atoms with van der Waals surface area (Å²) in [6.07, 6.45) is -2.89. The zero-order chi connectivity index (χ0) is 18.3. The Morgan fingerprint density at radius 2 is 2.00 bits per heavy atom. The predicted octanol–water partition coefficient (Wildman–Crippen LogP) is 3.04. The molecule has 0 aliphatic carbocycles. The lowest BCUT2D eigenvalue weighted by atomic mass is 10.1. The van der Waals surface area contributed by atoms with Crippen LogP contribution in [0.15, 0.2) is 29.3 Å². The minimum absolute atomic E-state index is 0. The Hall–Kier alpha value is -1.10. The Bertz CT molecular complexity index is 580. The second-order valence-electron chi connectivity index (χ2n) is 6.23. The number of nitrogens with one attached hydrogen (secondary N) is 2. The van der Waals surface area contributed by atoms with Gasteiger partial charge in [-0.25, -0.2) is 4.39 Å². The molecule has 1 aromatic rings. The summed E-state index contributed by atoms with van der Waals surface area (Å²) in [6.45, 7) is 1.13. The average Bonchev–Trinajstić information content (AvgIpc) is 2.97. The summed E-state index contributed by atoms with van der Waals surface area (Å²) in [6, 6.07) is 6.60. The highest BCUT2D eigenvalue weighted by molar-refractivity contribution is 14.0. The highest BCUT2D eigenvalue weighted by atomic mass is 127. The Morgan fingerprint density at radius 3 is 2.65 bits per heavy atom. The lowest BCUT2D eigenvalue weighted by molar-refractivity contribution is -0.143. The van der Waals surface area contributed by atoms with Crippen molar-refractivity contribution in [3.8, 4) is 0 Å². The van der Waals surface area contributed by atoms with Gasteiger partial charge in [0.25, 0.3) is 0 Å². The third-order valence-electron chi connectivity index (χ3n) is 4.20. The molecule has 2 N–H and O–H groups in total. The number of guanidine groups is 1. The maximum absolute atomic E-state index is 13.5. The molecule has 0 radical (unpaired) electrons. The Labute approximate surface area is 168 Å². The first-order valence-electron chi connectivity index (χ1n) is 8.34. The van der Waals surface area contributed by atoms with Gasteiger partial charge in [-0.2, -0.15) is 13.2 Å². The van der Waals surface area contributed by atoms with Crippen LogP contribution in [0.3, 0.4) is 0 Å². The second-order valence-corrected chi connectivity index (χ2v) is 6.23. The molecule has 148 valence electrons. The summed E-state index contributed by atoms with van der Waals surface area (Å²) in [7, 11) is 1.63. The van der Waals surface area contributed by atoms with Crippen molar-refractivity contribution in [3.63, 3.8) is 0 Å². The van der Waals surface area contributed by atoms with Crippen molar-refractivity contribution in [1.82, 2.24) is 15.5 Å². The van der Waals surface area contributed by atoms with E-state index < -0.39 is 12.7 Å². The molecule has 4 nitrogen and oxygen atoms in total. The predicted molar refractivity (Wildman–Crippen MR) is 105 cm³/mol. The van der Waals surface area contributed by atoms with Crippen molar-refractivity contribution in [2.75, 3.05) is 39.8 Å². The maximum atomic E-state index is 13.5. The van der Waals surface area contributed by atoms with Crippen LogP contribution in [-0.2, 0) is 6.42 Å². The molecule has 2 rings (SSSR count). The quantitative estimate of drug-likeness (QED) is 0.280. The molecule has 1 saturated heterocycles. The zero-order valence-corrected chi connectivity index (χ0v) is 17.0. The SMILES string of the molecule is CN=C(NCCc1ccccc1F)NCC1CCN(CC(F)(F)F)C1.I. The molecule has 1 aromatic carbocycles. The van der Waals surface area contributed by atoms with Gasteiger partial charge in [-0.1, -0.05) is 18.2 Å². The van der Waals surface area contributed by atoms with Crippen LogP contribution in [-0.4, -0.2) is 56.8 Å². The van der Waals surface area contributed by atoms with Crippen molar-refractivity contribution in [2.45, 2.75) is 19.0 Å². The van der Waals surface area contributed by atoms with E-state index in [4.69, 9.17) is 0 Å². The Kier molecular flexibility index (Phi) is 9.62. The molecular formula is C17H25F4IN4. The number of hydrogen-bond donors (Lipinski definition) is 2. The highest BCUT2D eigenvalue weighted by Crippen LogP contribution is 2.22. The van der Waals surface area contributed by atoms with Gasteiger partial charge in [-0.3, -0.25) is 9.89 Å². The second kappa shape index (κ2) is 10.9. The zero-order valence-electron chi connectivity index (χ0n) is 14.7. The first kappa shape index (κ1) is 22.9. The van der Waals surface area contributed by atoms with E-state index in [-0.39, 0.29) is 35.7 Å². The lowest BCUT2D eigenvalue weighted by Gasteiger charge is -2.18. The highest BCUT2D eigenvalue weighted by Gasteiger charge is 2.34. The number of rotatable bonds is 6. The van der Waals surface area contributed by atoms with E-state index >= 15 is 0 Å². The average molecular weight is 488 g/mol. The molecule has 1 unspecified atom stereocenters. The van der Waals surface area contributed by atoms with Crippen molar-refractivity contribution in [1.29, 1.82) is 0 Å². The number of halogens is 5. The van der Waals surface area contributed by atoms with Crippen LogP contribution in [0.5, 0.6) is 0 Å². The summed E-state index contributed by atoms with van der Waals surface area (Å²) >= 11 is 0. The maximum Gasteiger partial charge on any atom is 0.401 e. The summed E-state index contributed by atoms with van der Waals surface area (Å²) in [4.78, 5) is 5.52. The van der Waals surface area contributed by atoms with Gasteiger partial charge in [0.1, 0.15) is 5.82 Å². The number of benzene rings is 1. The van der Waals surface area contributed by atoms with Crippen LogP contribution in [0, 0.1) is 11.7 Å². The summed E-state index contributed by atoms with van der Waals surface area (Å²) < 4.78 is 50.7. The topological polar surface area (TPSA) is 39.7 Å². The largest absolute Gasteiger partial charge is 0.401 e. The first-order valence-corrected chi connectivity index (χ1v) is 8.34. The van der Waals surface area contributed by atoms with E-state index in [9.17, 15) is 17.6 Å². The van der Waals surface area contributed by atoms with Gasteiger partial charge in [-0.15, -0.1) is 24.0 Å². The molecule has 1 aliphatic rings. The molecule has 0 bridgehead atoms. The molecule has 9 heteroatoms. The summed E-state index contributed by atoms with van der Waals surface area (Å²) in [5.41, 5.74) is 0.629. The lowest BCUT2D eigenvalue weighted by Crippen LogP contribution is -2.41. The summed E-state index contributed by atoms with van der Waals surface area (Å²) in [5.74, 6) is 0.501. The standard InChI is InChI=1S/C17H24F4N4.HI/c1-22-16(23-8-6-14-4-2-3-5-15(14)18)24-10-13-7-9-25(11-13)12-17(19,20)21;/h2-5,13H,6-12H2,1H3,(H2,22,23,24);1H. The van der Waals surface area contributed by atoms with Crippen LogP contribution in [0.1, 0.15) is 12.0 Å². The smallest absolute Gasteiger partial charge is 0.356 e. The van der Waals surface area contributed by atoms with Crippen LogP contribution in [0.2, 0.25) is 0 Å². The number of likely N-dealkylation sites (tertiary alicyclic amines) is 1. The van der Waals surface area contributed by atoms with E-state index in [0.29, 0.717) is 44.1 Å². The van der Waals surface area contributed by atoms with Gasteiger partial charge in [0.05, 0.1) is 6.54 Å². The fraction of sp³-hybridized carbons (Fsp3) is 0.588. The number of alkyl halides is 3. The number of nitrogens with zero attached hydrogens (tertiary/aromatic N) is 2. The van der Waals surface area contributed by atoms with E-state index in [2.05, 4.69) is 15.6 Å². The van der Waals surface area contributed by atoms with Gasteiger partial charge in [0.2, 0.25) is 0 Å². The molecule has 1 atom stereocenters. The minimum atomic E-state index is -4.15. The molecule has 0 saturated carbocycles. The fourth-order valence-corrected chi connectivity index (χ4v) is 2.95. The van der Waals surface area contributed by atoms with E-state index in [1.807, 2.05) is 0 Å². The van der Waals surface area contributed by atoms with E-state index in [1.54, 1.807) is 25.2 Å². The number of aliphatic imine (C=N–C) groups is 1. The van der Waals surface area contributed by atoms with E-state index in [0.717, 1.165) is 6.42 Å². The fourth-order valence-electron chi connectivity index (χ4n) is 2.95. The monoisotopic (exact) mass is 488 g/mol.